The highest BCUT2D eigenvalue weighted by Gasteiger charge is 2.38. The predicted octanol–water partition coefficient (Wildman–Crippen LogP) is 2.64. The van der Waals surface area contributed by atoms with Gasteiger partial charge in [0.25, 0.3) is 0 Å². The molecule has 2 rings (SSSR count). The molecule has 102 valence electrons. The molecule has 1 aromatic heterocycles. The number of hydrogen-bond donors (Lipinski definition) is 1. The summed E-state index contributed by atoms with van der Waals surface area (Å²) in [6.07, 6.45) is 6.20. The van der Waals surface area contributed by atoms with Crippen molar-refractivity contribution in [3.05, 3.63) is 12.4 Å². The fraction of sp³-hybridized carbons (Fsp3) is 0.786. The van der Waals surface area contributed by atoms with Crippen LogP contribution in [0.15, 0.2) is 12.4 Å². The molecule has 0 spiro atoms. The molecule has 4 heteroatoms. The van der Waals surface area contributed by atoms with Gasteiger partial charge in [0.2, 0.25) is 0 Å². The van der Waals surface area contributed by atoms with Crippen LogP contribution in [0.4, 0.5) is 0 Å². The Morgan fingerprint density at radius 3 is 2.67 bits per heavy atom. The maximum Gasteiger partial charge on any atom is 0.156 e. The van der Waals surface area contributed by atoms with E-state index in [1.54, 1.807) is 13.3 Å². The van der Waals surface area contributed by atoms with Crippen LogP contribution in [0.5, 0.6) is 5.75 Å². The fourth-order valence-electron chi connectivity index (χ4n) is 3.04. The Bertz CT molecular complexity index is 395. The minimum absolute atomic E-state index is 0.205. The zero-order chi connectivity index (χ0) is 13.3. The lowest BCUT2D eigenvalue weighted by molar-refractivity contribution is 0.0253. The molecule has 1 aliphatic rings. The minimum Gasteiger partial charge on any atom is -0.493 e. The standard InChI is InChI=1S/C14H24N2O2/c1-14(2,3)12-6-5-10(17)7-13(12)16-9-11(18-4)8-15-16/h8-10,12-13,17H,5-7H2,1-4H3. The zero-order valence-electron chi connectivity index (χ0n) is 11.8. The van der Waals surface area contributed by atoms with Gasteiger partial charge in [-0.15, -0.1) is 0 Å². The van der Waals surface area contributed by atoms with Gasteiger partial charge in [0.1, 0.15) is 0 Å². The Hall–Kier alpha value is -1.03. The Kier molecular flexibility index (Phi) is 3.66. The van der Waals surface area contributed by atoms with E-state index >= 15 is 0 Å². The summed E-state index contributed by atoms with van der Waals surface area (Å²) < 4.78 is 7.16. The molecular weight excluding hydrogens is 228 g/mol. The van der Waals surface area contributed by atoms with Crippen LogP contribution in [0.1, 0.15) is 46.1 Å². The first-order valence-corrected chi connectivity index (χ1v) is 6.68. The molecule has 0 saturated heterocycles. The molecule has 1 saturated carbocycles. The van der Waals surface area contributed by atoms with E-state index < -0.39 is 0 Å². The van der Waals surface area contributed by atoms with Gasteiger partial charge in [0, 0.05) is 0 Å². The third kappa shape index (κ3) is 2.69. The van der Waals surface area contributed by atoms with Gasteiger partial charge in [-0.05, 0) is 30.6 Å². The molecule has 3 unspecified atom stereocenters. The van der Waals surface area contributed by atoms with Crippen LogP contribution in [0, 0.1) is 11.3 Å². The van der Waals surface area contributed by atoms with Crippen LogP contribution in [0.3, 0.4) is 0 Å². The highest BCUT2D eigenvalue weighted by Crippen LogP contribution is 2.44. The summed E-state index contributed by atoms with van der Waals surface area (Å²) in [7, 11) is 1.65. The second-order valence-electron chi connectivity index (χ2n) is 6.37. The molecule has 1 N–H and O–H groups in total. The van der Waals surface area contributed by atoms with E-state index in [1.807, 2.05) is 10.9 Å². The number of aliphatic hydroxyl groups excluding tert-OH is 1. The average molecular weight is 252 g/mol. The van der Waals surface area contributed by atoms with Crippen molar-refractivity contribution in [2.45, 2.75) is 52.2 Å². The van der Waals surface area contributed by atoms with Gasteiger partial charge < -0.3 is 9.84 Å². The maximum atomic E-state index is 9.92. The van der Waals surface area contributed by atoms with Crippen molar-refractivity contribution < 1.29 is 9.84 Å². The molecule has 1 aromatic rings. The average Bonchev–Trinajstić information content (AvgIpc) is 2.75. The number of aromatic nitrogens is 2. The summed E-state index contributed by atoms with van der Waals surface area (Å²) >= 11 is 0. The summed E-state index contributed by atoms with van der Waals surface area (Å²) in [5, 5.41) is 14.3. The molecule has 0 amide bonds. The van der Waals surface area contributed by atoms with Crippen molar-refractivity contribution in [2.75, 3.05) is 7.11 Å². The summed E-state index contributed by atoms with van der Waals surface area (Å²) in [5.74, 6) is 1.31. The van der Waals surface area contributed by atoms with Gasteiger partial charge in [-0.1, -0.05) is 20.8 Å². The Morgan fingerprint density at radius 2 is 2.11 bits per heavy atom. The first-order valence-electron chi connectivity index (χ1n) is 6.68. The summed E-state index contributed by atoms with van der Waals surface area (Å²) in [6, 6.07) is 0.262. The highest BCUT2D eigenvalue weighted by atomic mass is 16.5. The smallest absolute Gasteiger partial charge is 0.156 e. The van der Waals surface area contributed by atoms with Crippen molar-refractivity contribution in [1.82, 2.24) is 9.78 Å². The lowest BCUT2D eigenvalue weighted by atomic mass is 9.69. The van der Waals surface area contributed by atoms with Crippen molar-refractivity contribution in [3.63, 3.8) is 0 Å². The molecule has 0 aromatic carbocycles. The molecule has 1 heterocycles. The van der Waals surface area contributed by atoms with Gasteiger partial charge in [-0.3, -0.25) is 4.68 Å². The number of ether oxygens (including phenoxy) is 1. The van der Waals surface area contributed by atoms with E-state index in [9.17, 15) is 5.11 Å². The van der Waals surface area contributed by atoms with Crippen molar-refractivity contribution >= 4 is 0 Å². The van der Waals surface area contributed by atoms with Crippen LogP contribution in [0.25, 0.3) is 0 Å². The number of methoxy groups -OCH3 is 1. The predicted molar refractivity (Wildman–Crippen MR) is 70.6 cm³/mol. The second-order valence-corrected chi connectivity index (χ2v) is 6.37. The first kappa shape index (κ1) is 13.4. The van der Waals surface area contributed by atoms with Crippen LogP contribution in [0.2, 0.25) is 0 Å². The molecular formula is C14H24N2O2. The Morgan fingerprint density at radius 1 is 1.39 bits per heavy atom. The number of nitrogens with zero attached hydrogens (tertiary/aromatic N) is 2. The quantitative estimate of drug-likeness (QED) is 0.880. The zero-order valence-corrected chi connectivity index (χ0v) is 11.8. The fourth-order valence-corrected chi connectivity index (χ4v) is 3.04. The van der Waals surface area contributed by atoms with E-state index in [1.165, 1.54) is 0 Å². The minimum atomic E-state index is -0.205. The molecule has 3 atom stereocenters. The topological polar surface area (TPSA) is 47.3 Å². The lowest BCUT2D eigenvalue weighted by Crippen LogP contribution is -2.37. The third-order valence-electron chi connectivity index (χ3n) is 4.05. The summed E-state index contributed by atoms with van der Waals surface area (Å²) in [5.41, 5.74) is 0.226. The number of rotatable bonds is 2. The van der Waals surface area contributed by atoms with Crippen molar-refractivity contribution in [3.8, 4) is 5.75 Å². The van der Waals surface area contributed by atoms with Crippen LogP contribution < -0.4 is 4.74 Å². The summed E-state index contributed by atoms with van der Waals surface area (Å²) in [6.45, 7) is 6.80. The second kappa shape index (κ2) is 4.92. The van der Waals surface area contributed by atoms with Gasteiger partial charge in [-0.25, -0.2) is 0 Å². The Balaban J connectivity index is 2.25. The van der Waals surface area contributed by atoms with E-state index in [2.05, 4.69) is 25.9 Å². The molecule has 0 aliphatic heterocycles. The monoisotopic (exact) mass is 252 g/mol. The highest BCUT2D eigenvalue weighted by molar-refractivity contribution is 5.12. The maximum absolute atomic E-state index is 9.92. The van der Waals surface area contributed by atoms with Crippen LogP contribution in [-0.4, -0.2) is 28.1 Å². The number of hydrogen-bond acceptors (Lipinski definition) is 3. The van der Waals surface area contributed by atoms with Gasteiger partial charge >= 0.3 is 0 Å². The normalized spacial score (nSPS) is 29.3. The van der Waals surface area contributed by atoms with E-state index in [4.69, 9.17) is 4.74 Å². The molecule has 0 radical (unpaired) electrons. The molecule has 4 nitrogen and oxygen atoms in total. The lowest BCUT2D eigenvalue weighted by Gasteiger charge is -2.41. The summed E-state index contributed by atoms with van der Waals surface area (Å²) in [4.78, 5) is 0. The first-order chi connectivity index (χ1) is 8.41. The molecule has 18 heavy (non-hydrogen) atoms. The van der Waals surface area contributed by atoms with Gasteiger partial charge in [0.15, 0.2) is 5.75 Å². The van der Waals surface area contributed by atoms with Crippen molar-refractivity contribution in [1.29, 1.82) is 0 Å². The van der Waals surface area contributed by atoms with Crippen LogP contribution >= 0.6 is 0 Å². The Labute approximate surface area is 109 Å². The van der Waals surface area contributed by atoms with Crippen LogP contribution in [-0.2, 0) is 0 Å². The van der Waals surface area contributed by atoms with E-state index in [0.717, 1.165) is 25.0 Å². The van der Waals surface area contributed by atoms with Crippen molar-refractivity contribution in [2.24, 2.45) is 11.3 Å². The SMILES string of the molecule is COc1cnn(C2CC(O)CCC2C(C)(C)C)c1. The largest absolute Gasteiger partial charge is 0.493 e. The van der Waals surface area contributed by atoms with E-state index in [-0.39, 0.29) is 17.6 Å². The third-order valence-corrected chi connectivity index (χ3v) is 4.05. The molecule has 0 bridgehead atoms. The molecule has 1 aliphatic carbocycles. The molecule has 1 fully saturated rings. The van der Waals surface area contributed by atoms with Gasteiger partial charge in [-0.2, -0.15) is 5.10 Å². The van der Waals surface area contributed by atoms with Gasteiger partial charge in [0.05, 0.1) is 31.6 Å². The van der Waals surface area contributed by atoms with E-state index in [0.29, 0.717) is 5.92 Å². The number of aliphatic hydroxyl groups is 1.